The first-order valence-corrected chi connectivity index (χ1v) is 6.81. The van der Waals surface area contributed by atoms with Gasteiger partial charge in [-0.25, -0.2) is 0 Å². The van der Waals surface area contributed by atoms with Gasteiger partial charge >= 0.3 is 0 Å². The van der Waals surface area contributed by atoms with Gasteiger partial charge in [0.15, 0.2) is 0 Å². The molecule has 1 aromatic rings. The summed E-state index contributed by atoms with van der Waals surface area (Å²) in [7, 11) is 0. The average Bonchev–Trinajstić information content (AvgIpc) is 2.37. The zero-order chi connectivity index (χ0) is 15.8. The largest absolute Gasteiger partial charge is 0.326 e. The molecule has 0 heterocycles. The lowest BCUT2D eigenvalue weighted by Crippen LogP contribution is -2.42. The lowest BCUT2D eigenvalue weighted by Gasteiger charge is -2.09. The first kappa shape index (κ1) is 16.7. The molecule has 1 aromatic carbocycles. The monoisotopic (exact) mass is 291 g/mol. The number of hydrogen-bond donors (Lipinski definition) is 3. The second-order valence-electron chi connectivity index (χ2n) is 5.25. The van der Waals surface area contributed by atoms with Crippen LogP contribution >= 0.6 is 0 Å². The van der Waals surface area contributed by atoms with Crippen molar-refractivity contribution in [2.45, 2.75) is 33.6 Å². The summed E-state index contributed by atoms with van der Waals surface area (Å²) in [6, 6.07) is 6.95. The summed E-state index contributed by atoms with van der Waals surface area (Å²) in [6.45, 7) is 5.29. The highest BCUT2D eigenvalue weighted by molar-refractivity contribution is 5.88. The first-order chi connectivity index (χ1) is 9.86. The fraction of sp³-hybridized carbons (Fsp3) is 0.400. The van der Waals surface area contributed by atoms with Crippen LogP contribution in [0.5, 0.6) is 0 Å². The topological polar surface area (TPSA) is 87.3 Å². The number of anilines is 1. The second-order valence-corrected chi connectivity index (χ2v) is 5.25. The Morgan fingerprint density at radius 2 is 1.57 bits per heavy atom. The van der Waals surface area contributed by atoms with Crippen LogP contribution in [0.25, 0.3) is 0 Å². The van der Waals surface area contributed by atoms with Crippen LogP contribution in [0.2, 0.25) is 0 Å². The van der Waals surface area contributed by atoms with Crippen molar-refractivity contribution < 1.29 is 14.4 Å². The van der Waals surface area contributed by atoms with E-state index in [-0.39, 0.29) is 30.1 Å². The standard InChI is InChI=1S/C15H21N3O3/c1-10(2)8-14(20)17-18-15(21)9-12-4-6-13(7-5-12)16-11(3)19/h4-7,10H,8-9H2,1-3H3,(H,16,19)(H,17,20)(H,18,21). The first-order valence-electron chi connectivity index (χ1n) is 6.81. The maximum absolute atomic E-state index is 11.7. The Bertz CT molecular complexity index is 509. The van der Waals surface area contributed by atoms with Crippen molar-refractivity contribution in [2.75, 3.05) is 5.32 Å². The third-order valence-corrected chi connectivity index (χ3v) is 2.57. The maximum Gasteiger partial charge on any atom is 0.242 e. The Morgan fingerprint density at radius 1 is 1.00 bits per heavy atom. The molecule has 0 fully saturated rings. The van der Waals surface area contributed by atoms with E-state index in [1.807, 2.05) is 13.8 Å². The molecule has 0 bridgehead atoms. The minimum atomic E-state index is -0.292. The van der Waals surface area contributed by atoms with E-state index < -0.39 is 0 Å². The van der Waals surface area contributed by atoms with Gasteiger partial charge in [0.25, 0.3) is 0 Å². The Labute approximate surface area is 124 Å². The molecular weight excluding hydrogens is 270 g/mol. The van der Waals surface area contributed by atoms with E-state index in [0.717, 1.165) is 5.56 Å². The molecule has 0 radical (unpaired) electrons. The summed E-state index contributed by atoms with van der Waals surface area (Å²) in [6.07, 6.45) is 0.522. The molecule has 0 atom stereocenters. The van der Waals surface area contributed by atoms with Crippen LogP contribution in [0.1, 0.15) is 32.8 Å². The van der Waals surface area contributed by atoms with E-state index >= 15 is 0 Å². The molecule has 0 unspecified atom stereocenters. The summed E-state index contributed by atoms with van der Waals surface area (Å²) >= 11 is 0. The molecule has 0 spiro atoms. The van der Waals surface area contributed by atoms with Crippen molar-refractivity contribution in [1.29, 1.82) is 0 Å². The highest BCUT2D eigenvalue weighted by Crippen LogP contribution is 2.09. The molecule has 21 heavy (non-hydrogen) atoms. The van der Waals surface area contributed by atoms with Crippen LogP contribution in [0.3, 0.4) is 0 Å². The van der Waals surface area contributed by atoms with Gasteiger partial charge in [0, 0.05) is 19.0 Å². The quantitative estimate of drug-likeness (QED) is 0.716. The molecule has 0 saturated heterocycles. The van der Waals surface area contributed by atoms with Crippen molar-refractivity contribution in [3.05, 3.63) is 29.8 Å². The highest BCUT2D eigenvalue weighted by atomic mass is 16.2. The van der Waals surface area contributed by atoms with E-state index in [1.54, 1.807) is 24.3 Å². The molecular formula is C15H21N3O3. The van der Waals surface area contributed by atoms with Gasteiger partial charge in [-0.1, -0.05) is 26.0 Å². The molecule has 3 N–H and O–H groups in total. The number of rotatable bonds is 5. The Balaban J connectivity index is 2.40. The van der Waals surface area contributed by atoms with Gasteiger partial charge in [0.05, 0.1) is 6.42 Å². The van der Waals surface area contributed by atoms with Gasteiger partial charge in [-0.3, -0.25) is 25.2 Å². The molecule has 1 rings (SSSR count). The lowest BCUT2D eigenvalue weighted by molar-refractivity contribution is -0.129. The maximum atomic E-state index is 11.7. The predicted octanol–water partition coefficient (Wildman–Crippen LogP) is 1.38. The summed E-state index contributed by atoms with van der Waals surface area (Å²) < 4.78 is 0. The highest BCUT2D eigenvalue weighted by Gasteiger charge is 2.07. The summed E-state index contributed by atoms with van der Waals surface area (Å²) in [5, 5.41) is 2.65. The molecule has 0 aromatic heterocycles. The van der Waals surface area contributed by atoms with Crippen LogP contribution in [-0.2, 0) is 20.8 Å². The SMILES string of the molecule is CC(=O)Nc1ccc(CC(=O)NNC(=O)CC(C)C)cc1. The number of amides is 3. The van der Waals surface area contributed by atoms with Crippen LogP contribution < -0.4 is 16.2 Å². The van der Waals surface area contributed by atoms with Crippen LogP contribution in [0, 0.1) is 5.92 Å². The van der Waals surface area contributed by atoms with Gasteiger partial charge in [-0.2, -0.15) is 0 Å². The minimum Gasteiger partial charge on any atom is -0.326 e. The summed E-state index contributed by atoms with van der Waals surface area (Å²) in [4.78, 5) is 33.9. The number of hydrogen-bond acceptors (Lipinski definition) is 3. The zero-order valence-corrected chi connectivity index (χ0v) is 12.5. The van der Waals surface area contributed by atoms with E-state index in [2.05, 4.69) is 16.2 Å². The molecule has 6 nitrogen and oxygen atoms in total. The molecule has 0 saturated carbocycles. The number of benzene rings is 1. The van der Waals surface area contributed by atoms with Gasteiger partial charge in [-0.15, -0.1) is 0 Å². The predicted molar refractivity (Wildman–Crippen MR) is 80.2 cm³/mol. The van der Waals surface area contributed by atoms with Crippen molar-refractivity contribution in [3.63, 3.8) is 0 Å². The number of nitrogens with one attached hydrogen (secondary N) is 3. The van der Waals surface area contributed by atoms with Crippen molar-refractivity contribution >= 4 is 23.4 Å². The lowest BCUT2D eigenvalue weighted by atomic mass is 10.1. The van der Waals surface area contributed by atoms with Crippen LogP contribution in [0.15, 0.2) is 24.3 Å². The van der Waals surface area contributed by atoms with Gasteiger partial charge in [-0.05, 0) is 23.6 Å². The summed E-state index contributed by atoms with van der Waals surface area (Å²) in [5.41, 5.74) is 6.22. The number of carbonyl (C=O) groups is 3. The van der Waals surface area contributed by atoms with Crippen molar-refractivity contribution in [3.8, 4) is 0 Å². The second kappa shape index (κ2) is 8.04. The van der Waals surface area contributed by atoms with Gasteiger partial charge in [0.2, 0.25) is 17.7 Å². The van der Waals surface area contributed by atoms with Gasteiger partial charge < -0.3 is 5.32 Å². The third-order valence-electron chi connectivity index (χ3n) is 2.57. The Morgan fingerprint density at radius 3 is 2.10 bits per heavy atom. The molecule has 114 valence electrons. The minimum absolute atomic E-state index is 0.145. The molecule has 6 heteroatoms. The number of hydrazine groups is 1. The number of carbonyl (C=O) groups excluding carboxylic acids is 3. The zero-order valence-electron chi connectivity index (χ0n) is 12.5. The Hall–Kier alpha value is -2.37. The smallest absolute Gasteiger partial charge is 0.242 e. The molecule has 0 aliphatic carbocycles. The van der Waals surface area contributed by atoms with Crippen molar-refractivity contribution in [2.24, 2.45) is 5.92 Å². The van der Waals surface area contributed by atoms with E-state index in [1.165, 1.54) is 6.92 Å². The fourth-order valence-corrected chi connectivity index (χ4v) is 1.70. The van der Waals surface area contributed by atoms with Gasteiger partial charge in [0.1, 0.15) is 0 Å². The average molecular weight is 291 g/mol. The van der Waals surface area contributed by atoms with E-state index in [0.29, 0.717) is 12.1 Å². The van der Waals surface area contributed by atoms with Crippen LogP contribution in [0.4, 0.5) is 5.69 Å². The molecule has 0 aliphatic rings. The molecule has 3 amide bonds. The Kier molecular flexibility index (Phi) is 6.39. The molecule has 0 aliphatic heterocycles. The summed E-state index contributed by atoms with van der Waals surface area (Å²) in [5.74, 6) is -0.407. The van der Waals surface area contributed by atoms with E-state index in [4.69, 9.17) is 0 Å². The third kappa shape index (κ3) is 7.10. The van der Waals surface area contributed by atoms with Crippen molar-refractivity contribution in [1.82, 2.24) is 10.9 Å². The normalized spacial score (nSPS) is 10.1. The fourth-order valence-electron chi connectivity index (χ4n) is 1.70. The van der Waals surface area contributed by atoms with Crippen LogP contribution in [-0.4, -0.2) is 17.7 Å². The van der Waals surface area contributed by atoms with E-state index in [9.17, 15) is 14.4 Å².